The van der Waals surface area contributed by atoms with Gasteiger partial charge >= 0.3 is 0 Å². The number of nitrogens with two attached hydrogens (primary N) is 1. The Labute approximate surface area is 126 Å². The van der Waals surface area contributed by atoms with Gasteiger partial charge in [-0.2, -0.15) is 0 Å². The van der Waals surface area contributed by atoms with E-state index < -0.39 is 0 Å². The lowest BCUT2D eigenvalue weighted by Crippen LogP contribution is -2.58. The minimum Gasteiger partial charge on any atom is -0.329 e. The zero-order chi connectivity index (χ0) is 14.8. The highest BCUT2D eigenvalue weighted by Crippen LogP contribution is 2.48. The molecule has 0 spiro atoms. The molecule has 0 radical (unpaired) electrons. The van der Waals surface area contributed by atoms with Gasteiger partial charge in [-0.3, -0.25) is 4.90 Å². The van der Waals surface area contributed by atoms with Gasteiger partial charge in [0.2, 0.25) is 0 Å². The number of hydrogen-bond acceptors (Lipinski definition) is 2. The van der Waals surface area contributed by atoms with E-state index in [1.807, 2.05) is 0 Å². The Balaban J connectivity index is 2.10. The quantitative estimate of drug-likeness (QED) is 0.766. The van der Waals surface area contributed by atoms with E-state index in [2.05, 4.69) is 32.6 Å². The fraction of sp³-hybridized carbons (Fsp3) is 1.00. The smallest absolute Gasteiger partial charge is 0.0334 e. The lowest BCUT2D eigenvalue weighted by Gasteiger charge is -2.50. The predicted octanol–water partition coefficient (Wildman–Crippen LogP) is 3.90. The van der Waals surface area contributed by atoms with Crippen LogP contribution in [0.1, 0.15) is 66.2 Å². The molecule has 0 amide bonds. The fourth-order valence-corrected chi connectivity index (χ4v) is 4.30. The van der Waals surface area contributed by atoms with Gasteiger partial charge in [-0.15, -0.1) is 0 Å². The van der Waals surface area contributed by atoms with Crippen molar-refractivity contribution < 1.29 is 0 Å². The highest BCUT2D eigenvalue weighted by molar-refractivity contribution is 5.00. The first-order chi connectivity index (χ1) is 9.47. The van der Waals surface area contributed by atoms with Crippen LogP contribution < -0.4 is 5.73 Å². The third kappa shape index (κ3) is 3.98. The summed E-state index contributed by atoms with van der Waals surface area (Å²) in [4.78, 5) is 2.77. The van der Waals surface area contributed by atoms with Crippen molar-refractivity contribution in [2.24, 2.45) is 29.4 Å². The van der Waals surface area contributed by atoms with Gasteiger partial charge in [0.25, 0.3) is 0 Å². The van der Waals surface area contributed by atoms with Crippen LogP contribution in [0.25, 0.3) is 0 Å². The van der Waals surface area contributed by atoms with Crippen LogP contribution in [0.3, 0.4) is 0 Å². The van der Waals surface area contributed by atoms with Crippen molar-refractivity contribution >= 4 is 0 Å². The van der Waals surface area contributed by atoms with Crippen molar-refractivity contribution in [2.45, 2.75) is 71.8 Å². The van der Waals surface area contributed by atoms with Crippen molar-refractivity contribution in [1.29, 1.82) is 0 Å². The summed E-state index contributed by atoms with van der Waals surface area (Å²) in [6.07, 6.45) is 8.52. The molecular formula is C18H36N2. The average Bonchev–Trinajstić information content (AvgIpc) is 3.21. The van der Waals surface area contributed by atoms with E-state index in [-0.39, 0.29) is 0 Å². The number of rotatable bonds is 7. The zero-order valence-corrected chi connectivity index (χ0v) is 14.2. The molecule has 2 N–H and O–H groups in total. The Kier molecular flexibility index (Phi) is 5.53. The summed E-state index contributed by atoms with van der Waals surface area (Å²) in [7, 11) is 0. The largest absolute Gasteiger partial charge is 0.329 e. The Morgan fingerprint density at radius 2 is 1.60 bits per heavy atom. The molecule has 2 atom stereocenters. The highest BCUT2D eigenvalue weighted by Gasteiger charge is 2.44. The monoisotopic (exact) mass is 280 g/mol. The molecule has 2 fully saturated rings. The number of hydrogen-bond donors (Lipinski definition) is 1. The maximum absolute atomic E-state index is 6.33. The van der Waals surface area contributed by atoms with Gasteiger partial charge in [-0.05, 0) is 49.4 Å². The molecule has 20 heavy (non-hydrogen) atoms. The second-order valence-corrected chi connectivity index (χ2v) is 8.32. The molecule has 2 heteroatoms. The van der Waals surface area contributed by atoms with Crippen molar-refractivity contribution in [1.82, 2.24) is 4.90 Å². The van der Waals surface area contributed by atoms with E-state index in [1.165, 1.54) is 51.6 Å². The summed E-state index contributed by atoms with van der Waals surface area (Å²) in [5.41, 5.74) is 6.64. The molecule has 0 aliphatic heterocycles. The molecule has 2 aliphatic rings. The van der Waals surface area contributed by atoms with Crippen LogP contribution in [0.5, 0.6) is 0 Å². The number of nitrogens with zero attached hydrogens (tertiary/aromatic N) is 1. The molecular weight excluding hydrogens is 244 g/mol. The van der Waals surface area contributed by atoms with E-state index in [1.54, 1.807) is 0 Å². The standard InChI is InChI=1S/C18H36N2/c1-14(2)11-20(12-15(3)4)18(13-19)9-5-6-17(10-18)16-7-8-16/h14-17H,5-13,19H2,1-4H3. The third-order valence-electron chi connectivity index (χ3n) is 5.37. The third-order valence-corrected chi connectivity index (χ3v) is 5.37. The van der Waals surface area contributed by atoms with Gasteiger partial charge in [-0.25, -0.2) is 0 Å². The SMILES string of the molecule is CC(C)CN(CC(C)C)C1(CN)CCCC(C2CC2)C1. The van der Waals surface area contributed by atoms with Gasteiger partial charge in [0.15, 0.2) is 0 Å². The average molecular weight is 280 g/mol. The van der Waals surface area contributed by atoms with Crippen LogP contribution in [0.4, 0.5) is 0 Å². The van der Waals surface area contributed by atoms with Gasteiger partial charge in [0.05, 0.1) is 0 Å². The summed E-state index contributed by atoms with van der Waals surface area (Å²) in [6.45, 7) is 12.7. The molecule has 2 unspecified atom stereocenters. The molecule has 0 aromatic carbocycles. The molecule has 0 aromatic heterocycles. The second kappa shape index (κ2) is 6.79. The minimum absolute atomic E-state index is 0.306. The second-order valence-electron chi connectivity index (χ2n) is 8.32. The van der Waals surface area contributed by atoms with E-state index >= 15 is 0 Å². The summed E-state index contributed by atoms with van der Waals surface area (Å²) >= 11 is 0. The molecule has 2 saturated carbocycles. The van der Waals surface area contributed by atoms with Crippen molar-refractivity contribution in [2.75, 3.05) is 19.6 Å². The minimum atomic E-state index is 0.306. The first kappa shape index (κ1) is 16.3. The Morgan fingerprint density at radius 3 is 2.05 bits per heavy atom. The van der Waals surface area contributed by atoms with Crippen LogP contribution >= 0.6 is 0 Å². The van der Waals surface area contributed by atoms with Crippen LogP contribution in [-0.4, -0.2) is 30.1 Å². The van der Waals surface area contributed by atoms with E-state index in [9.17, 15) is 0 Å². The molecule has 0 heterocycles. The Morgan fingerprint density at radius 1 is 1.00 bits per heavy atom. The highest BCUT2D eigenvalue weighted by atomic mass is 15.2. The molecule has 0 bridgehead atoms. The lowest BCUT2D eigenvalue weighted by molar-refractivity contribution is 0.0142. The topological polar surface area (TPSA) is 29.3 Å². The van der Waals surface area contributed by atoms with Crippen molar-refractivity contribution in [3.63, 3.8) is 0 Å². The van der Waals surface area contributed by atoms with Crippen LogP contribution in [-0.2, 0) is 0 Å². The Hall–Kier alpha value is -0.0800. The van der Waals surface area contributed by atoms with Gasteiger partial charge in [0.1, 0.15) is 0 Å². The predicted molar refractivity (Wildman–Crippen MR) is 87.7 cm³/mol. The summed E-state index contributed by atoms with van der Waals surface area (Å²) in [5, 5.41) is 0. The zero-order valence-electron chi connectivity index (χ0n) is 14.2. The van der Waals surface area contributed by atoms with Crippen LogP contribution in [0.15, 0.2) is 0 Å². The first-order valence-electron chi connectivity index (χ1n) is 8.92. The molecule has 0 aromatic rings. The van der Waals surface area contributed by atoms with E-state index in [0.29, 0.717) is 5.54 Å². The van der Waals surface area contributed by atoms with Crippen molar-refractivity contribution in [3.05, 3.63) is 0 Å². The molecule has 2 rings (SSSR count). The maximum Gasteiger partial charge on any atom is 0.0334 e. The van der Waals surface area contributed by atoms with E-state index in [4.69, 9.17) is 5.73 Å². The van der Waals surface area contributed by atoms with E-state index in [0.717, 1.165) is 30.2 Å². The normalized spacial score (nSPS) is 31.5. The van der Waals surface area contributed by atoms with Crippen LogP contribution in [0.2, 0.25) is 0 Å². The fourth-order valence-electron chi connectivity index (χ4n) is 4.30. The van der Waals surface area contributed by atoms with Crippen LogP contribution in [0, 0.1) is 23.7 Å². The molecule has 2 aliphatic carbocycles. The summed E-state index contributed by atoms with van der Waals surface area (Å²) in [5.74, 6) is 3.48. The van der Waals surface area contributed by atoms with Gasteiger partial charge < -0.3 is 5.73 Å². The van der Waals surface area contributed by atoms with Gasteiger partial charge in [0, 0.05) is 25.2 Å². The lowest BCUT2D eigenvalue weighted by atomic mass is 9.72. The van der Waals surface area contributed by atoms with Gasteiger partial charge in [-0.1, -0.05) is 40.5 Å². The summed E-state index contributed by atoms with van der Waals surface area (Å²) in [6, 6.07) is 0. The molecule has 118 valence electrons. The summed E-state index contributed by atoms with van der Waals surface area (Å²) < 4.78 is 0. The maximum atomic E-state index is 6.33. The molecule has 2 nitrogen and oxygen atoms in total. The van der Waals surface area contributed by atoms with Crippen molar-refractivity contribution in [3.8, 4) is 0 Å². The first-order valence-corrected chi connectivity index (χ1v) is 8.92. The Bertz CT molecular complexity index is 286. The molecule has 0 saturated heterocycles.